The Morgan fingerprint density at radius 1 is 1.32 bits per heavy atom. The summed E-state index contributed by atoms with van der Waals surface area (Å²) in [5, 5.41) is 0. The van der Waals surface area contributed by atoms with Crippen molar-refractivity contribution in [2.75, 3.05) is 7.11 Å². The first-order valence-corrected chi connectivity index (χ1v) is 5.88. The van der Waals surface area contributed by atoms with Crippen molar-refractivity contribution in [3.63, 3.8) is 0 Å². The minimum atomic E-state index is -0.510. The average Bonchev–Trinajstić information content (AvgIpc) is 2.43. The first-order valence-electron chi connectivity index (χ1n) is 5.88. The summed E-state index contributed by atoms with van der Waals surface area (Å²) < 4.78 is 19.2. The van der Waals surface area contributed by atoms with Crippen molar-refractivity contribution in [2.45, 2.75) is 13.0 Å². The molecule has 2 rings (SSSR count). The van der Waals surface area contributed by atoms with Gasteiger partial charge in [-0.2, -0.15) is 0 Å². The number of nitrogens with zero attached hydrogens (tertiary/aromatic N) is 1. The zero-order valence-electron chi connectivity index (χ0n) is 10.9. The van der Waals surface area contributed by atoms with Gasteiger partial charge in [0, 0.05) is 11.9 Å². The fourth-order valence-corrected chi connectivity index (χ4v) is 1.97. The number of nitrogens with one attached hydrogen (secondary N) is 1. The molecule has 0 aliphatic carbocycles. The monoisotopic (exact) mass is 261 g/mol. The van der Waals surface area contributed by atoms with Crippen LogP contribution in [0.2, 0.25) is 0 Å². The first-order chi connectivity index (χ1) is 9.17. The summed E-state index contributed by atoms with van der Waals surface area (Å²) in [7, 11) is 1.50. The highest BCUT2D eigenvalue weighted by Crippen LogP contribution is 2.31. The number of hydrogen-bond acceptors (Lipinski definition) is 4. The van der Waals surface area contributed by atoms with Crippen LogP contribution in [-0.2, 0) is 0 Å². The molecular weight excluding hydrogens is 245 g/mol. The molecule has 1 aromatic heterocycles. The van der Waals surface area contributed by atoms with Gasteiger partial charge in [-0.05, 0) is 30.7 Å². The molecule has 2 aromatic rings. The molecule has 0 amide bonds. The third-order valence-corrected chi connectivity index (χ3v) is 2.96. The molecule has 1 aromatic carbocycles. The molecule has 0 spiro atoms. The van der Waals surface area contributed by atoms with Gasteiger partial charge in [0.1, 0.15) is 11.6 Å². The van der Waals surface area contributed by atoms with Gasteiger partial charge in [-0.1, -0.05) is 12.1 Å². The Morgan fingerprint density at radius 3 is 2.68 bits per heavy atom. The summed E-state index contributed by atoms with van der Waals surface area (Å²) in [4.78, 5) is 4.20. The van der Waals surface area contributed by atoms with E-state index in [1.807, 2.05) is 19.1 Å². The number of aromatic nitrogens is 1. The van der Waals surface area contributed by atoms with E-state index >= 15 is 0 Å². The molecule has 19 heavy (non-hydrogen) atoms. The third kappa shape index (κ3) is 2.72. The molecule has 1 atom stereocenters. The van der Waals surface area contributed by atoms with E-state index in [0.717, 1.165) is 11.3 Å². The van der Waals surface area contributed by atoms with Crippen LogP contribution < -0.4 is 16.0 Å². The molecule has 0 bridgehead atoms. The first kappa shape index (κ1) is 13.5. The van der Waals surface area contributed by atoms with Gasteiger partial charge in [-0.3, -0.25) is 10.8 Å². The zero-order chi connectivity index (χ0) is 13.8. The highest BCUT2D eigenvalue weighted by atomic mass is 19.1. The highest BCUT2D eigenvalue weighted by Gasteiger charge is 2.21. The molecule has 0 aliphatic heterocycles. The number of halogens is 1. The molecule has 0 aliphatic rings. The van der Waals surface area contributed by atoms with Crippen molar-refractivity contribution in [3.8, 4) is 5.75 Å². The Bertz CT molecular complexity index is 557. The number of methoxy groups -OCH3 is 1. The van der Waals surface area contributed by atoms with Crippen molar-refractivity contribution in [2.24, 2.45) is 5.84 Å². The van der Waals surface area contributed by atoms with Crippen LogP contribution in [0.1, 0.15) is 22.9 Å². The van der Waals surface area contributed by atoms with Crippen LogP contribution in [0.3, 0.4) is 0 Å². The van der Waals surface area contributed by atoms with Crippen molar-refractivity contribution >= 4 is 0 Å². The number of hydrazine groups is 1. The number of ether oxygens (including phenoxy) is 1. The van der Waals surface area contributed by atoms with E-state index < -0.39 is 6.04 Å². The Kier molecular flexibility index (Phi) is 4.09. The fourth-order valence-electron chi connectivity index (χ4n) is 1.97. The van der Waals surface area contributed by atoms with E-state index in [-0.39, 0.29) is 5.82 Å². The Labute approximate surface area is 111 Å². The Morgan fingerprint density at radius 2 is 2.11 bits per heavy atom. The largest absolute Gasteiger partial charge is 0.496 e. The number of aryl methyl sites for hydroxylation is 1. The third-order valence-electron chi connectivity index (χ3n) is 2.96. The van der Waals surface area contributed by atoms with E-state index in [9.17, 15) is 4.39 Å². The number of pyridine rings is 1. The summed E-state index contributed by atoms with van der Waals surface area (Å²) in [6.07, 6.45) is 1.67. The lowest BCUT2D eigenvalue weighted by Crippen LogP contribution is -2.30. The molecule has 1 heterocycles. The molecule has 3 N–H and O–H groups in total. The number of rotatable bonds is 4. The van der Waals surface area contributed by atoms with Gasteiger partial charge in [-0.25, -0.2) is 9.82 Å². The molecule has 5 heteroatoms. The lowest BCUT2D eigenvalue weighted by atomic mass is 9.99. The van der Waals surface area contributed by atoms with E-state index in [1.165, 1.54) is 13.2 Å². The molecule has 0 saturated carbocycles. The topological polar surface area (TPSA) is 60.2 Å². The van der Waals surface area contributed by atoms with Crippen LogP contribution in [0.15, 0.2) is 36.5 Å². The maximum Gasteiger partial charge on any atom is 0.132 e. The van der Waals surface area contributed by atoms with Crippen molar-refractivity contribution in [1.82, 2.24) is 10.4 Å². The van der Waals surface area contributed by atoms with Gasteiger partial charge in [0.05, 0.1) is 18.7 Å². The maximum atomic E-state index is 14.0. The van der Waals surface area contributed by atoms with Gasteiger partial charge in [-0.15, -0.1) is 0 Å². The van der Waals surface area contributed by atoms with Gasteiger partial charge in [0.25, 0.3) is 0 Å². The normalized spacial score (nSPS) is 12.2. The minimum absolute atomic E-state index is 0.372. The standard InChI is InChI=1S/C14H16FN3O/c1-9-6-7-10(8-17-9)14(18-16)13-11(15)4-3-5-12(13)19-2/h3-8,14,18H,16H2,1-2H3. The number of hydrogen-bond donors (Lipinski definition) is 2. The summed E-state index contributed by atoms with van der Waals surface area (Å²) >= 11 is 0. The van der Waals surface area contributed by atoms with Crippen LogP contribution in [0.25, 0.3) is 0 Å². The number of benzene rings is 1. The molecular formula is C14H16FN3O. The Hall–Kier alpha value is -1.98. The summed E-state index contributed by atoms with van der Waals surface area (Å²) in [6.45, 7) is 1.89. The summed E-state index contributed by atoms with van der Waals surface area (Å²) in [5.41, 5.74) is 4.65. The summed E-state index contributed by atoms with van der Waals surface area (Å²) in [5.74, 6) is 5.64. The molecule has 0 fully saturated rings. The predicted octanol–water partition coefficient (Wildman–Crippen LogP) is 2.09. The average molecular weight is 261 g/mol. The van der Waals surface area contributed by atoms with E-state index in [1.54, 1.807) is 18.3 Å². The van der Waals surface area contributed by atoms with Crippen LogP contribution in [0, 0.1) is 12.7 Å². The fraction of sp³-hybridized carbons (Fsp3) is 0.214. The molecule has 4 nitrogen and oxygen atoms in total. The maximum absolute atomic E-state index is 14.0. The smallest absolute Gasteiger partial charge is 0.132 e. The second-order valence-corrected chi connectivity index (χ2v) is 4.19. The molecule has 0 radical (unpaired) electrons. The second kappa shape index (κ2) is 5.77. The van der Waals surface area contributed by atoms with Crippen molar-refractivity contribution in [3.05, 3.63) is 59.2 Å². The molecule has 1 unspecified atom stereocenters. The second-order valence-electron chi connectivity index (χ2n) is 4.19. The predicted molar refractivity (Wildman–Crippen MR) is 71.1 cm³/mol. The van der Waals surface area contributed by atoms with Gasteiger partial charge >= 0.3 is 0 Å². The van der Waals surface area contributed by atoms with Crippen LogP contribution in [0.4, 0.5) is 4.39 Å². The lowest BCUT2D eigenvalue weighted by Gasteiger charge is -2.20. The van der Waals surface area contributed by atoms with E-state index in [0.29, 0.717) is 11.3 Å². The summed E-state index contributed by atoms with van der Waals surface area (Å²) in [6, 6.07) is 7.88. The van der Waals surface area contributed by atoms with Crippen LogP contribution >= 0.6 is 0 Å². The van der Waals surface area contributed by atoms with Crippen LogP contribution in [-0.4, -0.2) is 12.1 Å². The molecule has 100 valence electrons. The van der Waals surface area contributed by atoms with Crippen molar-refractivity contribution < 1.29 is 9.13 Å². The lowest BCUT2D eigenvalue weighted by molar-refractivity contribution is 0.397. The zero-order valence-corrected chi connectivity index (χ0v) is 10.9. The SMILES string of the molecule is COc1cccc(F)c1C(NN)c1ccc(C)nc1. The highest BCUT2D eigenvalue weighted by molar-refractivity contribution is 5.42. The van der Waals surface area contributed by atoms with Gasteiger partial charge in [0.2, 0.25) is 0 Å². The van der Waals surface area contributed by atoms with Gasteiger partial charge in [0.15, 0.2) is 0 Å². The molecule has 0 saturated heterocycles. The van der Waals surface area contributed by atoms with Crippen molar-refractivity contribution in [1.29, 1.82) is 0 Å². The van der Waals surface area contributed by atoms with Crippen LogP contribution in [0.5, 0.6) is 5.75 Å². The van der Waals surface area contributed by atoms with E-state index in [4.69, 9.17) is 10.6 Å². The van der Waals surface area contributed by atoms with E-state index in [2.05, 4.69) is 10.4 Å². The minimum Gasteiger partial charge on any atom is -0.496 e. The van der Waals surface area contributed by atoms with Gasteiger partial charge < -0.3 is 4.74 Å². The number of nitrogens with two attached hydrogens (primary N) is 1. The quantitative estimate of drug-likeness (QED) is 0.653. The Balaban J connectivity index is 2.50.